The Morgan fingerprint density at radius 3 is 2.37 bits per heavy atom. The van der Waals surface area contributed by atoms with Crippen LogP contribution in [0, 0.1) is 5.41 Å². The van der Waals surface area contributed by atoms with E-state index in [1.54, 1.807) is 4.90 Å². The highest BCUT2D eigenvalue weighted by molar-refractivity contribution is 5.82. The second kappa shape index (κ2) is 5.90. The van der Waals surface area contributed by atoms with Crippen LogP contribution in [0.3, 0.4) is 0 Å². The summed E-state index contributed by atoms with van der Waals surface area (Å²) in [5.41, 5.74) is -1.11. The summed E-state index contributed by atoms with van der Waals surface area (Å²) < 4.78 is 0. The fraction of sp³-hybridized carbons (Fsp3) is 0.857. The van der Waals surface area contributed by atoms with E-state index in [0.29, 0.717) is 26.1 Å². The van der Waals surface area contributed by atoms with Crippen molar-refractivity contribution in [2.45, 2.75) is 52.6 Å². The Morgan fingerprint density at radius 1 is 1.32 bits per heavy atom. The molecule has 0 aromatic rings. The van der Waals surface area contributed by atoms with Crippen molar-refractivity contribution in [3.05, 3.63) is 0 Å². The molecule has 5 nitrogen and oxygen atoms in total. The van der Waals surface area contributed by atoms with Gasteiger partial charge >= 0.3 is 0 Å². The van der Waals surface area contributed by atoms with E-state index < -0.39 is 11.0 Å². The Bertz CT molecular complexity index is 341. The fourth-order valence-corrected chi connectivity index (χ4v) is 2.17. The molecule has 2 amide bonds. The van der Waals surface area contributed by atoms with Crippen LogP contribution in [0.1, 0.15) is 47.0 Å². The van der Waals surface area contributed by atoms with Gasteiger partial charge in [0.05, 0.1) is 18.7 Å². The van der Waals surface area contributed by atoms with Crippen LogP contribution in [0.25, 0.3) is 0 Å². The fourth-order valence-electron chi connectivity index (χ4n) is 2.17. The van der Waals surface area contributed by atoms with E-state index in [1.807, 2.05) is 27.7 Å². The summed E-state index contributed by atoms with van der Waals surface area (Å²) in [6.45, 7) is 8.74. The van der Waals surface area contributed by atoms with Crippen LogP contribution in [0.15, 0.2) is 0 Å². The van der Waals surface area contributed by atoms with Crippen LogP contribution in [-0.2, 0) is 9.59 Å². The van der Waals surface area contributed by atoms with Crippen LogP contribution < -0.4 is 5.32 Å². The zero-order valence-corrected chi connectivity index (χ0v) is 12.5. The molecule has 0 bridgehead atoms. The first-order valence-corrected chi connectivity index (χ1v) is 6.96. The minimum Gasteiger partial charge on any atom is -0.386 e. The maximum atomic E-state index is 11.8. The van der Waals surface area contributed by atoms with E-state index in [9.17, 15) is 14.7 Å². The summed E-state index contributed by atoms with van der Waals surface area (Å²) in [7, 11) is 0. The zero-order chi connectivity index (χ0) is 14.7. The second-order valence-corrected chi connectivity index (χ2v) is 6.48. The van der Waals surface area contributed by atoms with Gasteiger partial charge in [-0.3, -0.25) is 9.59 Å². The molecular formula is C14H26N2O3. The summed E-state index contributed by atoms with van der Waals surface area (Å²) in [6.07, 6.45) is 1.95. The number of likely N-dealkylation sites (tertiary alicyclic amines) is 1. The van der Waals surface area contributed by atoms with E-state index in [1.165, 1.54) is 0 Å². The third-order valence-electron chi connectivity index (χ3n) is 3.34. The molecule has 1 rings (SSSR count). The molecule has 0 aromatic heterocycles. The normalized spacial score (nSPS) is 17.8. The molecule has 1 heterocycles. The van der Waals surface area contributed by atoms with Crippen LogP contribution in [0.5, 0.6) is 0 Å². The molecular weight excluding hydrogens is 244 g/mol. The van der Waals surface area contributed by atoms with E-state index in [0.717, 1.165) is 12.8 Å². The average molecular weight is 270 g/mol. The van der Waals surface area contributed by atoms with E-state index in [-0.39, 0.29) is 11.8 Å². The molecule has 2 N–H and O–H groups in total. The van der Waals surface area contributed by atoms with Crippen molar-refractivity contribution in [1.82, 2.24) is 10.2 Å². The summed E-state index contributed by atoms with van der Waals surface area (Å²) in [6, 6.07) is 0. The molecule has 1 saturated heterocycles. The average Bonchev–Trinajstić information content (AvgIpc) is 2.24. The van der Waals surface area contributed by atoms with Gasteiger partial charge in [0.15, 0.2) is 0 Å². The lowest BCUT2D eigenvalue weighted by molar-refractivity contribution is -0.156. The van der Waals surface area contributed by atoms with E-state index in [2.05, 4.69) is 5.32 Å². The van der Waals surface area contributed by atoms with Gasteiger partial charge < -0.3 is 15.3 Å². The molecule has 1 fully saturated rings. The Morgan fingerprint density at radius 2 is 1.89 bits per heavy atom. The number of amides is 2. The maximum absolute atomic E-state index is 11.8. The van der Waals surface area contributed by atoms with Gasteiger partial charge in [-0.25, -0.2) is 0 Å². The molecule has 5 heteroatoms. The smallest absolute Gasteiger partial charge is 0.225 e. The number of β-amino-alcohol motifs (C(OH)–C–C–N with tert-alkyl or cyclic N) is 1. The molecule has 1 aliphatic rings. The van der Waals surface area contributed by atoms with Crippen LogP contribution in [0.2, 0.25) is 0 Å². The molecule has 0 atom stereocenters. The highest BCUT2D eigenvalue weighted by Crippen LogP contribution is 2.26. The van der Waals surface area contributed by atoms with Crippen LogP contribution >= 0.6 is 0 Å². The van der Waals surface area contributed by atoms with Crippen LogP contribution in [-0.4, -0.2) is 47.1 Å². The van der Waals surface area contributed by atoms with Crippen molar-refractivity contribution in [3.63, 3.8) is 0 Å². The summed E-state index contributed by atoms with van der Waals surface area (Å²) >= 11 is 0. The van der Waals surface area contributed by atoms with Gasteiger partial charge in [-0.1, -0.05) is 34.1 Å². The molecule has 19 heavy (non-hydrogen) atoms. The molecule has 0 radical (unpaired) electrons. The molecule has 0 saturated carbocycles. The van der Waals surface area contributed by atoms with Gasteiger partial charge in [0.1, 0.15) is 0 Å². The number of hydrogen-bond acceptors (Lipinski definition) is 3. The predicted molar refractivity (Wildman–Crippen MR) is 73.5 cm³/mol. The van der Waals surface area contributed by atoms with Gasteiger partial charge in [-0.05, 0) is 6.42 Å². The topological polar surface area (TPSA) is 69.6 Å². The first-order chi connectivity index (χ1) is 8.68. The summed E-state index contributed by atoms with van der Waals surface area (Å²) in [4.78, 5) is 25.1. The molecule has 110 valence electrons. The van der Waals surface area contributed by atoms with E-state index in [4.69, 9.17) is 0 Å². The van der Waals surface area contributed by atoms with Crippen molar-refractivity contribution < 1.29 is 14.7 Å². The zero-order valence-electron chi connectivity index (χ0n) is 12.5. The number of nitrogens with zero attached hydrogens (tertiary/aromatic N) is 1. The highest BCUT2D eigenvalue weighted by atomic mass is 16.3. The molecule has 1 aliphatic heterocycles. The van der Waals surface area contributed by atoms with Crippen molar-refractivity contribution in [3.8, 4) is 0 Å². The van der Waals surface area contributed by atoms with Crippen molar-refractivity contribution in [2.24, 2.45) is 5.41 Å². The highest BCUT2D eigenvalue weighted by Gasteiger charge is 2.42. The SMILES string of the molecule is CCCC1(O)CN(C(=O)CCNC(=O)C(C)(C)C)C1. The number of nitrogens with one attached hydrogen (secondary N) is 1. The Hall–Kier alpha value is -1.10. The van der Waals surface area contributed by atoms with Crippen molar-refractivity contribution >= 4 is 11.8 Å². The monoisotopic (exact) mass is 270 g/mol. The van der Waals surface area contributed by atoms with Gasteiger partial charge in [0, 0.05) is 18.4 Å². The lowest BCUT2D eigenvalue weighted by atomic mass is 9.89. The lowest BCUT2D eigenvalue weighted by Crippen LogP contribution is -2.63. The van der Waals surface area contributed by atoms with Gasteiger partial charge in [0.25, 0.3) is 0 Å². The van der Waals surface area contributed by atoms with Gasteiger partial charge in [0.2, 0.25) is 11.8 Å². The second-order valence-electron chi connectivity index (χ2n) is 6.48. The minimum absolute atomic E-state index is 0.00464. The third kappa shape index (κ3) is 4.49. The Labute approximate surface area is 115 Å². The van der Waals surface area contributed by atoms with Crippen LogP contribution in [0.4, 0.5) is 0 Å². The largest absolute Gasteiger partial charge is 0.386 e. The first-order valence-electron chi connectivity index (χ1n) is 6.96. The number of rotatable bonds is 5. The minimum atomic E-state index is -0.681. The number of carbonyl (C=O) groups excluding carboxylic acids is 2. The quantitative estimate of drug-likeness (QED) is 0.780. The first kappa shape index (κ1) is 16.0. The maximum Gasteiger partial charge on any atom is 0.225 e. The molecule has 0 spiro atoms. The van der Waals surface area contributed by atoms with Gasteiger partial charge in [-0.15, -0.1) is 0 Å². The number of hydrogen-bond donors (Lipinski definition) is 2. The molecule has 0 aromatic carbocycles. The predicted octanol–water partition coefficient (Wildman–Crippen LogP) is 0.912. The Balaban J connectivity index is 2.22. The number of aliphatic hydroxyl groups is 1. The van der Waals surface area contributed by atoms with E-state index >= 15 is 0 Å². The lowest BCUT2D eigenvalue weighted by Gasteiger charge is -2.46. The standard InChI is InChI=1S/C14H26N2O3/c1-5-7-14(19)9-16(10-14)11(17)6-8-15-12(18)13(2,3)4/h19H,5-10H2,1-4H3,(H,15,18). The summed E-state index contributed by atoms with van der Waals surface area (Å²) in [5, 5.41) is 12.7. The summed E-state index contributed by atoms with van der Waals surface area (Å²) in [5.74, 6) is -0.0543. The third-order valence-corrected chi connectivity index (χ3v) is 3.34. The van der Waals surface area contributed by atoms with Crippen molar-refractivity contribution in [1.29, 1.82) is 0 Å². The molecule has 0 aliphatic carbocycles. The molecule has 0 unspecified atom stereocenters. The van der Waals surface area contributed by atoms with Crippen molar-refractivity contribution in [2.75, 3.05) is 19.6 Å². The number of carbonyl (C=O) groups is 2. The Kier molecular flexibility index (Phi) is 4.96. The van der Waals surface area contributed by atoms with Gasteiger partial charge in [-0.2, -0.15) is 0 Å².